The van der Waals surface area contributed by atoms with E-state index in [9.17, 15) is 4.79 Å². The van der Waals surface area contributed by atoms with Crippen molar-refractivity contribution >= 4 is 34.3 Å². The van der Waals surface area contributed by atoms with Crippen LogP contribution in [-0.4, -0.2) is 42.2 Å². The molecular formula is C22H23N3O2S2. The van der Waals surface area contributed by atoms with Crippen molar-refractivity contribution in [2.24, 2.45) is 5.10 Å². The van der Waals surface area contributed by atoms with Crippen molar-refractivity contribution in [1.82, 2.24) is 9.91 Å². The second-order valence-corrected chi connectivity index (χ2v) is 8.94. The van der Waals surface area contributed by atoms with E-state index >= 15 is 0 Å². The maximum Gasteiger partial charge on any atom is 0.257 e. The van der Waals surface area contributed by atoms with Crippen molar-refractivity contribution in [1.29, 1.82) is 0 Å². The Hall–Kier alpha value is -2.48. The number of rotatable bonds is 7. The van der Waals surface area contributed by atoms with E-state index in [-0.39, 0.29) is 11.9 Å². The smallest absolute Gasteiger partial charge is 0.257 e. The zero-order valence-electron chi connectivity index (χ0n) is 16.4. The number of hydrazone groups is 1. The molecule has 0 spiro atoms. The molecule has 150 valence electrons. The molecule has 2 aromatic heterocycles. The summed E-state index contributed by atoms with van der Waals surface area (Å²) in [7, 11) is 3.62. The summed E-state index contributed by atoms with van der Waals surface area (Å²) >= 11 is 3.34. The van der Waals surface area contributed by atoms with Gasteiger partial charge in [-0.1, -0.05) is 24.3 Å². The number of hydrogen-bond donors (Lipinski definition) is 0. The molecule has 0 saturated carbocycles. The lowest BCUT2D eigenvalue weighted by atomic mass is 10.1. The van der Waals surface area contributed by atoms with Gasteiger partial charge in [0.1, 0.15) is 5.75 Å². The number of likely N-dealkylation sites (N-methyl/N-ethyl adjacent to an activating group) is 1. The number of ether oxygens (including phenoxy) is 1. The second kappa shape index (κ2) is 8.90. The quantitative estimate of drug-likeness (QED) is 0.554. The van der Waals surface area contributed by atoms with E-state index in [0.29, 0.717) is 13.1 Å². The third-order valence-electron chi connectivity index (χ3n) is 4.86. The Morgan fingerprint density at radius 1 is 1.17 bits per heavy atom. The molecule has 1 aromatic carbocycles. The highest BCUT2D eigenvalue weighted by Gasteiger charge is 2.34. The predicted molar refractivity (Wildman–Crippen MR) is 119 cm³/mol. The van der Waals surface area contributed by atoms with E-state index in [0.717, 1.165) is 28.3 Å². The van der Waals surface area contributed by atoms with Crippen molar-refractivity contribution in [2.45, 2.75) is 19.0 Å². The van der Waals surface area contributed by atoms with Crippen LogP contribution in [0.1, 0.15) is 27.8 Å². The summed E-state index contributed by atoms with van der Waals surface area (Å²) in [5.74, 6) is 0.852. The van der Waals surface area contributed by atoms with Crippen LogP contribution in [-0.2, 0) is 11.3 Å². The summed E-state index contributed by atoms with van der Waals surface area (Å²) < 4.78 is 5.21. The highest BCUT2D eigenvalue weighted by molar-refractivity contribution is 7.12. The number of carbonyl (C=O) groups is 1. The number of methoxy groups -OCH3 is 1. The second-order valence-electron chi connectivity index (χ2n) is 7.02. The van der Waals surface area contributed by atoms with Gasteiger partial charge < -0.3 is 4.74 Å². The lowest BCUT2D eigenvalue weighted by Crippen LogP contribution is -2.36. The highest BCUT2D eigenvalue weighted by atomic mass is 32.1. The van der Waals surface area contributed by atoms with Crippen molar-refractivity contribution in [3.63, 3.8) is 0 Å². The predicted octanol–water partition coefficient (Wildman–Crippen LogP) is 4.63. The lowest BCUT2D eigenvalue weighted by molar-refractivity contribution is -0.134. The largest absolute Gasteiger partial charge is 0.497 e. The summed E-state index contributed by atoms with van der Waals surface area (Å²) in [6.45, 7) is 1.00. The fourth-order valence-electron chi connectivity index (χ4n) is 3.44. The number of benzene rings is 1. The minimum Gasteiger partial charge on any atom is -0.497 e. The Labute approximate surface area is 178 Å². The van der Waals surface area contributed by atoms with E-state index < -0.39 is 0 Å². The van der Waals surface area contributed by atoms with Gasteiger partial charge in [-0.3, -0.25) is 9.69 Å². The van der Waals surface area contributed by atoms with E-state index in [1.807, 2.05) is 53.7 Å². The Morgan fingerprint density at radius 2 is 1.93 bits per heavy atom. The molecule has 4 rings (SSSR count). The molecule has 29 heavy (non-hydrogen) atoms. The van der Waals surface area contributed by atoms with E-state index in [1.165, 1.54) is 4.88 Å². The summed E-state index contributed by atoms with van der Waals surface area (Å²) in [5, 5.41) is 10.5. The monoisotopic (exact) mass is 425 g/mol. The van der Waals surface area contributed by atoms with Crippen LogP contribution < -0.4 is 4.74 Å². The first-order chi connectivity index (χ1) is 14.1. The van der Waals surface area contributed by atoms with Crippen LogP contribution in [0.15, 0.2) is 64.4 Å². The number of amides is 1. The summed E-state index contributed by atoms with van der Waals surface area (Å²) in [5.41, 5.74) is 2.13. The van der Waals surface area contributed by atoms with Gasteiger partial charge in [-0.05, 0) is 47.6 Å². The van der Waals surface area contributed by atoms with Gasteiger partial charge in [0.05, 0.1) is 30.3 Å². The zero-order valence-corrected chi connectivity index (χ0v) is 18.1. The van der Waals surface area contributed by atoms with Gasteiger partial charge in [0.25, 0.3) is 5.91 Å². The average molecular weight is 426 g/mol. The number of hydrogen-bond acceptors (Lipinski definition) is 6. The van der Waals surface area contributed by atoms with Crippen molar-refractivity contribution in [3.8, 4) is 5.75 Å². The first-order valence-electron chi connectivity index (χ1n) is 9.42. The Balaban J connectivity index is 1.46. The maximum absolute atomic E-state index is 13.1. The van der Waals surface area contributed by atoms with Gasteiger partial charge >= 0.3 is 0 Å². The molecular weight excluding hydrogens is 402 g/mol. The molecule has 5 nitrogen and oxygen atoms in total. The van der Waals surface area contributed by atoms with Gasteiger partial charge in [0, 0.05) is 17.8 Å². The molecule has 0 radical (unpaired) electrons. The van der Waals surface area contributed by atoms with Crippen LogP contribution >= 0.6 is 22.7 Å². The van der Waals surface area contributed by atoms with E-state index in [1.54, 1.807) is 34.8 Å². The van der Waals surface area contributed by atoms with Crippen molar-refractivity contribution < 1.29 is 9.53 Å². The molecule has 1 aliphatic heterocycles. The molecule has 1 amide bonds. The van der Waals surface area contributed by atoms with Gasteiger partial charge in [0.15, 0.2) is 0 Å². The Bertz CT molecular complexity index is 966. The minimum absolute atomic E-state index is 0.0194. The Morgan fingerprint density at radius 3 is 2.59 bits per heavy atom. The topological polar surface area (TPSA) is 45.1 Å². The van der Waals surface area contributed by atoms with Crippen molar-refractivity contribution in [2.75, 3.05) is 20.7 Å². The van der Waals surface area contributed by atoms with Crippen LogP contribution in [0.3, 0.4) is 0 Å². The first kappa shape index (κ1) is 19.8. The Kier molecular flexibility index (Phi) is 6.08. The van der Waals surface area contributed by atoms with Crippen molar-refractivity contribution in [3.05, 3.63) is 74.6 Å². The van der Waals surface area contributed by atoms with Crippen LogP contribution in [0.2, 0.25) is 0 Å². The fourth-order valence-corrected chi connectivity index (χ4v) is 4.97. The number of thiophene rings is 2. The maximum atomic E-state index is 13.1. The number of nitrogens with zero attached hydrogens (tertiary/aromatic N) is 3. The fraction of sp³-hybridized carbons (Fsp3) is 0.273. The van der Waals surface area contributed by atoms with Gasteiger partial charge in [-0.25, -0.2) is 5.01 Å². The average Bonchev–Trinajstić information content (AvgIpc) is 3.49. The van der Waals surface area contributed by atoms with Gasteiger partial charge in [0.2, 0.25) is 0 Å². The van der Waals surface area contributed by atoms with Crippen LogP contribution in [0.5, 0.6) is 5.75 Å². The molecule has 0 bridgehead atoms. The van der Waals surface area contributed by atoms with Crippen LogP contribution in [0, 0.1) is 0 Å². The molecule has 1 atom stereocenters. The first-order valence-corrected chi connectivity index (χ1v) is 11.2. The molecule has 0 fully saturated rings. The summed E-state index contributed by atoms with van der Waals surface area (Å²) in [6, 6.07) is 16.1. The third-order valence-corrected chi connectivity index (χ3v) is 6.75. The molecule has 3 aromatic rings. The zero-order chi connectivity index (χ0) is 20.2. The summed E-state index contributed by atoms with van der Waals surface area (Å²) in [6.07, 6.45) is 0.759. The highest BCUT2D eigenvalue weighted by Crippen LogP contribution is 2.36. The van der Waals surface area contributed by atoms with Crippen LogP contribution in [0.4, 0.5) is 0 Å². The van der Waals surface area contributed by atoms with Gasteiger partial charge in [-0.15, -0.1) is 22.7 Å². The standard InChI is InChI=1S/C22H23N3O2S2/c1-24(14-16-7-9-17(27-2)10-8-16)15-22(26)25-19(21-6-4-12-29-21)13-18(23-25)20-5-3-11-28-20/h3-12,19H,13-15H2,1-2H3/t19-/m1/s1. The molecule has 0 N–H and O–H groups in total. The molecule has 3 heterocycles. The summed E-state index contributed by atoms with van der Waals surface area (Å²) in [4.78, 5) is 17.5. The molecule has 0 saturated heterocycles. The molecule has 7 heteroatoms. The molecule has 1 aliphatic rings. The lowest BCUT2D eigenvalue weighted by Gasteiger charge is -2.24. The van der Waals surface area contributed by atoms with Gasteiger partial charge in [-0.2, -0.15) is 5.10 Å². The third kappa shape index (κ3) is 4.58. The van der Waals surface area contributed by atoms with E-state index in [2.05, 4.69) is 17.5 Å². The normalized spacial score (nSPS) is 16.3. The SMILES string of the molecule is COc1ccc(CN(C)CC(=O)N2N=C(c3cccs3)C[C@@H]2c2cccs2)cc1. The molecule has 0 unspecified atom stereocenters. The van der Waals surface area contributed by atoms with Crippen LogP contribution in [0.25, 0.3) is 0 Å². The molecule has 0 aliphatic carbocycles. The number of carbonyl (C=O) groups excluding carboxylic acids is 1. The van der Waals surface area contributed by atoms with E-state index in [4.69, 9.17) is 9.84 Å². The minimum atomic E-state index is -0.0195.